The van der Waals surface area contributed by atoms with Crippen molar-refractivity contribution < 1.29 is 0 Å². The highest BCUT2D eigenvalue weighted by Gasteiger charge is 2.22. The molecular formula is C23H15N3S. The molecule has 0 unspecified atom stereocenters. The lowest BCUT2D eigenvalue weighted by Gasteiger charge is -2.20. The molecule has 0 saturated carbocycles. The molecule has 4 heterocycles. The zero-order chi connectivity index (χ0) is 18.1. The van der Waals surface area contributed by atoms with Crippen LogP contribution < -0.4 is 0 Å². The normalized spacial score (nSPS) is 12.7. The minimum absolute atomic E-state index is 1.03. The fraction of sp³-hybridized carbons (Fsp3) is 0.0870. The Kier molecular flexibility index (Phi) is 2.95. The maximum absolute atomic E-state index is 4.71. The van der Waals surface area contributed by atoms with Gasteiger partial charge in [0.2, 0.25) is 0 Å². The third-order valence-electron chi connectivity index (χ3n) is 5.37. The highest BCUT2D eigenvalue weighted by molar-refractivity contribution is 7.99. The highest BCUT2D eigenvalue weighted by Crippen LogP contribution is 2.48. The first-order chi connectivity index (χ1) is 13.2. The van der Waals surface area contributed by atoms with Crippen LogP contribution >= 0.6 is 11.8 Å². The molecule has 0 radical (unpaired) electrons. The van der Waals surface area contributed by atoms with E-state index in [-0.39, 0.29) is 0 Å². The largest absolute Gasteiger partial charge is 0.258 e. The van der Waals surface area contributed by atoms with Gasteiger partial charge in [-0.25, -0.2) is 4.98 Å². The van der Waals surface area contributed by atoms with Crippen LogP contribution in [0.4, 0.5) is 0 Å². The van der Waals surface area contributed by atoms with E-state index < -0.39 is 0 Å². The van der Waals surface area contributed by atoms with Crippen LogP contribution in [0.25, 0.3) is 43.6 Å². The number of benzene rings is 2. The van der Waals surface area contributed by atoms with E-state index >= 15 is 0 Å². The Morgan fingerprint density at radius 1 is 0.778 bits per heavy atom. The summed E-state index contributed by atoms with van der Waals surface area (Å²) >= 11 is 1.74. The molecule has 5 aromatic rings. The first-order valence-electron chi connectivity index (χ1n) is 8.96. The number of aryl methyl sites for hydroxylation is 2. The molecule has 27 heavy (non-hydrogen) atoms. The smallest absolute Gasteiger partial charge is 0.110 e. The summed E-state index contributed by atoms with van der Waals surface area (Å²) in [5, 5.41) is 8.53. The van der Waals surface area contributed by atoms with E-state index in [1.54, 1.807) is 11.8 Å². The summed E-state index contributed by atoms with van der Waals surface area (Å²) in [6.07, 6.45) is 3.77. The van der Waals surface area contributed by atoms with Crippen molar-refractivity contribution in [1.82, 2.24) is 15.0 Å². The maximum Gasteiger partial charge on any atom is 0.110 e. The molecule has 0 fully saturated rings. The highest BCUT2D eigenvalue weighted by atomic mass is 32.2. The van der Waals surface area contributed by atoms with Crippen LogP contribution in [-0.2, 0) is 0 Å². The van der Waals surface area contributed by atoms with Gasteiger partial charge in [-0.1, -0.05) is 23.9 Å². The van der Waals surface area contributed by atoms with E-state index in [2.05, 4.69) is 60.2 Å². The number of fused-ring (bicyclic) bond motifs is 6. The van der Waals surface area contributed by atoms with Crippen LogP contribution in [0.15, 0.2) is 64.8 Å². The Labute approximate surface area is 160 Å². The maximum atomic E-state index is 4.71. The molecule has 0 N–H and O–H groups in total. The van der Waals surface area contributed by atoms with Crippen LogP contribution in [0.5, 0.6) is 0 Å². The standard InChI is InChI=1S/C23H15N3S/c1-12-10-18-14(13(2)26-12)5-6-15-16-7-9-24-22-17-4-3-8-25-23(17)27-20(21(16)22)11-19(15)18/h3-11H,1-2H3. The second-order valence-electron chi connectivity index (χ2n) is 7.02. The van der Waals surface area contributed by atoms with Gasteiger partial charge in [-0.15, -0.1) is 0 Å². The quantitative estimate of drug-likeness (QED) is 0.306. The monoisotopic (exact) mass is 365 g/mol. The average Bonchev–Trinajstić information content (AvgIpc) is 2.68. The van der Waals surface area contributed by atoms with E-state index in [1.165, 1.54) is 37.2 Å². The van der Waals surface area contributed by atoms with Crippen molar-refractivity contribution in [1.29, 1.82) is 0 Å². The van der Waals surface area contributed by atoms with Gasteiger partial charge in [0.05, 0.1) is 5.69 Å². The van der Waals surface area contributed by atoms with Crippen molar-refractivity contribution in [3.8, 4) is 11.3 Å². The molecule has 0 atom stereocenters. The number of aromatic nitrogens is 3. The minimum Gasteiger partial charge on any atom is -0.258 e. The summed E-state index contributed by atoms with van der Waals surface area (Å²) < 4.78 is 0. The predicted octanol–water partition coefficient (Wildman–Crippen LogP) is 6.08. The van der Waals surface area contributed by atoms with E-state index in [9.17, 15) is 0 Å². The zero-order valence-electron chi connectivity index (χ0n) is 14.9. The summed E-state index contributed by atoms with van der Waals surface area (Å²) in [5.74, 6) is 0. The summed E-state index contributed by atoms with van der Waals surface area (Å²) in [6, 6.07) is 15.2. The Hall–Kier alpha value is -2.98. The van der Waals surface area contributed by atoms with E-state index in [0.29, 0.717) is 0 Å². The van der Waals surface area contributed by atoms with Gasteiger partial charge in [-0.3, -0.25) is 9.97 Å². The van der Waals surface area contributed by atoms with Gasteiger partial charge in [-0.2, -0.15) is 0 Å². The Morgan fingerprint density at radius 2 is 1.63 bits per heavy atom. The molecule has 128 valence electrons. The Balaban J connectivity index is 1.84. The van der Waals surface area contributed by atoms with Gasteiger partial charge in [0.25, 0.3) is 0 Å². The molecule has 0 saturated heterocycles. The fourth-order valence-corrected chi connectivity index (χ4v) is 5.33. The molecule has 3 nitrogen and oxygen atoms in total. The summed E-state index contributed by atoms with van der Waals surface area (Å²) in [7, 11) is 0. The minimum atomic E-state index is 1.03. The zero-order valence-corrected chi connectivity index (χ0v) is 15.8. The van der Waals surface area contributed by atoms with Crippen molar-refractivity contribution in [2.45, 2.75) is 23.8 Å². The average molecular weight is 365 g/mol. The van der Waals surface area contributed by atoms with Gasteiger partial charge in [-0.05, 0) is 65.7 Å². The molecule has 0 bridgehead atoms. The van der Waals surface area contributed by atoms with Crippen LogP contribution in [0.3, 0.4) is 0 Å². The summed E-state index contributed by atoms with van der Waals surface area (Å²) in [5.41, 5.74) is 4.29. The predicted molar refractivity (Wildman–Crippen MR) is 111 cm³/mol. The summed E-state index contributed by atoms with van der Waals surface area (Å²) in [4.78, 5) is 15.2. The van der Waals surface area contributed by atoms with Crippen molar-refractivity contribution in [2.24, 2.45) is 0 Å². The van der Waals surface area contributed by atoms with Gasteiger partial charge >= 0.3 is 0 Å². The van der Waals surface area contributed by atoms with E-state index in [1.807, 2.05) is 18.5 Å². The second-order valence-corrected chi connectivity index (χ2v) is 8.05. The summed E-state index contributed by atoms with van der Waals surface area (Å²) in [6.45, 7) is 4.15. The molecule has 1 aliphatic heterocycles. The molecule has 6 rings (SSSR count). The lowest BCUT2D eigenvalue weighted by molar-refractivity contribution is 1.12. The third-order valence-corrected chi connectivity index (χ3v) is 6.43. The molecule has 0 spiro atoms. The third kappa shape index (κ3) is 2.02. The fourth-order valence-electron chi connectivity index (χ4n) is 4.24. The van der Waals surface area contributed by atoms with Crippen molar-refractivity contribution >= 4 is 44.1 Å². The molecule has 0 amide bonds. The second kappa shape index (κ2) is 5.27. The number of nitrogens with zero attached hydrogens (tertiary/aromatic N) is 3. The number of hydrogen-bond acceptors (Lipinski definition) is 4. The molecule has 3 aromatic heterocycles. The number of pyridine rings is 3. The van der Waals surface area contributed by atoms with E-state index in [4.69, 9.17) is 4.98 Å². The first-order valence-corrected chi connectivity index (χ1v) is 9.78. The van der Waals surface area contributed by atoms with Crippen LogP contribution in [0, 0.1) is 13.8 Å². The molecule has 4 heteroatoms. The molecule has 1 aliphatic rings. The molecular weight excluding hydrogens is 350 g/mol. The Bertz CT molecular complexity index is 1420. The SMILES string of the molecule is Cc1cc2c(ccc3c4ccnc5c4c(cc23)Sc2ncccc2-5)c(C)n1. The number of rotatable bonds is 0. The number of hydrogen-bond donors (Lipinski definition) is 0. The van der Waals surface area contributed by atoms with Crippen LogP contribution in [0.1, 0.15) is 11.4 Å². The van der Waals surface area contributed by atoms with Gasteiger partial charge in [0.1, 0.15) is 5.03 Å². The van der Waals surface area contributed by atoms with Crippen LogP contribution in [0.2, 0.25) is 0 Å². The van der Waals surface area contributed by atoms with E-state index in [0.717, 1.165) is 27.7 Å². The molecule has 2 aromatic carbocycles. The van der Waals surface area contributed by atoms with Crippen molar-refractivity contribution in [3.05, 3.63) is 66.2 Å². The van der Waals surface area contributed by atoms with Crippen LogP contribution in [-0.4, -0.2) is 15.0 Å². The van der Waals surface area contributed by atoms with Gasteiger partial charge in [0.15, 0.2) is 0 Å². The van der Waals surface area contributed by atoms with Gasteiger partial charge < -0.3 is 0 Å². The van der Waals surface area contributed by atoms with Crippen molar-refractivity contribution in [3.63, 3.8) is 0 Å². The van der Waals surface area contributed by atoms with Crippen molar-refractivity contribution in [2.75, 3.05) is 0 Å². The molecule has 0 aliphatic carbocycles. The Morgan fingerprint density at radius 3 is 2.56 bits per heavy atom. The first kappa shape index (κ1) is 15.1. The topological polar surface area (TPSA) is 38.7 Å². The lowest BCUT2D eigenvalue weighted by atomic mass is 9.95. The van der Waals surface area contributed by atoms with Gasteiger partial charge in [0, 0.05) is 45.0 Å². The lowest BCUT2D eigenvalue weighted by Crippen LogP contribution is -1.98.